The van der Waals surface area contributed by atoms with Gasteiger partial charge in [0, 0.05) is 38.1 Å². The molecule has 4 rings (SSSR count). The van der Waals surface area contributed by atoms with E-state index in [1.165, 1.54) is 0 Å². The molecular formula is C23H25N5O. The maximum Gasteiger partial charge on any atom is 0.277 e. The van der Waals surface area contributed by atoms with Gasteiger partial charge in [0.2, 0.25) is 5.95 Å². The predicted molar refractivity (Wildman–Crippen MR) is 115 cm³/mol. The molecule has 0 radical (unpaired) electrons. The van der Waals surface area contributed by atoms with Crippen LogP contribution < -0.4 is 9.80 Å². The Bertz CT molecular complexity index is 940. The van der Waals surface area contributed by atoms with Crippen LogP contribution in [0.3, 0.4) is 0 Å². The SMILES string of the molecule is CN1CCN(c2nccc(C(=O)N(Cc3ccccc3)c3ccccc3)n2)CC1. The van der Waals surface area contributed by atoms with E-state index in [1.807, 2.05) is 60.7 Å². The highest BCUT2D eigenvalue weighted by Gasteiger charge is 2.22. The molecule has 1 amide bonds. The van der Waals surface area contributed by atoms with E-state index in [1.54, 1.807) is 17.2 Å². The molecule has 148 valence electrons. The first-order valence-corrected chi connectivity index (χ1v) is 9.88. The first-order chi connectivity index (χ1) is 14.2. The normalized spacial score (nSPS) is 14.6. The Kier molecular flexibility index (Phi) is 5.81. The molecule has 3 aromatic rings. The highest BCUT2D eigenvalue weighted by Crippen LogP contribution is 2.20. The summed E-state index contributed by atoms with van der Waals surface area (Å²) in [5.41, 5.74) is 2.33. The smallest absolute Gasteiger partial charge is 0.277 e. The number of para-hydroxylation sites is 1. The lowest BCUT2D eigenvalue weighted by Gasteiger charge is -2.32. The van der Waals surface area contributed by atoms with Crippen LogP contribution >= 0.6 is 0 Å². The number of rotatable bonds is 5. The van der Waals surface area contributed by atoms with Crippen molar-refractivity contribution in [2.24, 2.45) is 0 Å². The third-order valence-corrected chi connectivity index (χ3v) is 5.14. The average Bonchev–Trinajstić information content (AvgIpc) is 2.79. The quantitative estimate of drug-likeness (QED) is 0.673. The Hall–Kier alpha value is -3.25. The second-order valence-corrected chi connectivity index (χ2v) is 7.24. The minimum Gasteiger partial charge on any atom is -0.338 e. The van der Waals surface area contributed by atoms with Gasteiger partial charge in [-0.2, -0.15) is 0 Å². The van der Waals surface area contributed by atoms with Gasteiger partial charge < -0.3 is 14.7 Å². The average molecular weight is 387 g/mol. The van der Waals surface area contributed by atoms with Crippen molar-refractivity contribution in [2.45, 2.75) is 6.54 Å². The summed E-state index contributed by atoms with van der Waals surface area (Å²) >= 11 is 0. The monoisotopic (exact) mass is 387 g/mol. The van der Waals surface area contributed by atoms with Crippen molar-refractivity contribution in [1.82, 2.24) is 14.9 Å². The minimum absolute atomic E-state index is 0.127. The summed E-state index contributed by atoms with van der Waals surface area (Å²) in [5, 5.41) is 0. The van der Waals surface area contributed by atoms with Gasteiger partial charge in [0.05, 0.1) is 6.54 Å². The van der Waals surface area contributed by atoms with Crippen LogP contribution in [0.2, 0.25) is 0 Å². The lowest BCUT2D eigenvalue weighted by Crippen LogP contribution is -2.45. The summed E-state index contributed by atoms with van der Waals surface area (Å²) in [6.45, 7) is 4.13. The molecule has 1 fully saturated rings. The number of nitrogens with zero attached hydrogens (tertiary/aromatic N) is 5. The molecule has 0 bridgehead atoms. The molecule has 0 atom stereocenters. The van der Waals surface area contributed by atoms with E-state index >= 15 is 0 Å². The van der Waals surface area contributed by atoms with Crippen molar-refractivity contribution in [2.75, 3.05) is 43.0 Å². The second-order valence-electron chi connectivity index (χ2n) is 7.24. The molecule has 0 unspecified atom stereocenters. The lowest BCUT2D eigenvalue weighted by molar-refractivity contribution is 0.0980. The van der Waals surface area contributed by atoms with Crippen molar-refractivity contribution in [3.05, 3.63) is 84.2 Å². The van der Waals surface area contributed by atoms with E-state index in [2.05, 4.69) is 26.8 Å². The zero-order valence-corrected chi connectivity index (χ0v) is 16.6. The van der Waals surface area contributed by atoms with E-state index in [0.29, 0.717) is 18.2 Å². The molecule has 2 aromatic carbocycles. The van der Waals surface area contributed by atoms with Crippen LogP contribution in [0.1, 0.15) is 16.1 Å². The fourth-order valence-electron chi connectivity index (χ4n) is 3.42. The predicted octanol–water partition coefficient (Wildman–Crippen LogP) is 3.08. The first kappa shape index (κ1) is 19.1. The van der Waals surface area contributed by atoms with E-state index in [0.717, 1.165) is 37.4 Å². The number of benzene rings is 2. The minimum atomic E-state index is -0.127. The largest absolute Gasteiger partial charge is 0.338 e. The molecule has 0 spiro atoms. The van der Waals surface area contributed by atoms with Gasteiger partial charge in [-0.1, -0.05) is 48.5 Å². The molecule has 1 aliphatic rings. The van der Waals surface area contributed by atoms with Gasteiger partial charge in [-0.3, -0.25) is 4.79 Å². The first-order valence-electron chi connectivity index (χ1n) is 9.88. The molecule has 0 aliphatic carbocycles. The topological polar surface area (TPSA) is 52.6 Å². The number of anilines is 2. The van der Waals surface area contributed by atoms with Crippen LogP contribution in [0.15, 0.2) is 72.9 Å². The van der Waals surface area contributed by atoms with Crippen LogP contribution in [0, 0.1) is 0 Å². The van der Waals surface area contributed by atoms with Crippen LogP contribution in [0.4, 0.5) is 11.6 Å². The van der Waals surface area contributed by atoms with Gasteiger partial charge >= 0.3 is 0 Å². The van der Waals surface area contributed by atoms with Gasteiger partial charge in [0.15, 0.2) is 0 Å². The molecule has 6 nitrogen and oxygen atoms in total. The van der Waals surface area contributed by atoms with Crippen molar-refractivity contribution in [3.63, 3.8) is 0 Å². The lowest BCUT2D eigenvalue weighted by atomic mass is 10.2. The zero-order chi connectivity index (χ0) is 20.1. The van der Waals surface area contributed by atoms with Crippen LogP contribution in [0.5, 0.6) is 0 Å². The van der Waals surface area contributed by atoms with Gasteiger partial charge in [-0.05, 0) is 30.8 Å². The Labute approximate surface area is 171 Å². The molecule has 1 saturated heterocycles. The van der Waals surface area contributed by atoms with Crippen LogP contribution in [0.25, 0.3) is 0 Å². The van der Waals surface area contributed by atoms with E-state index in [4.69, 9.17) is 0 Å². The summed E-state index contributed by atoms with van der Waals surface area (Å²) in [4.78, 5) is 28.7. The highest BCUT2D eigenvalue weighted by molar-refractivity contribution is 6.04. The summed E-state index contributed by atoms with van der Waals surface area (Å²) in [7, 11) is 2.11. The molecule has 6 heteroatoms. The summed E-state index contributed by atoms with van der Waals surface area (Å²) in [5.74, 6) is 0.495. The highest BCUT2D eigenvalue weighted by atomic mass is 16.2. The van der Waals surface area contributed by atoms with E-state index in [-0.39, 0.29) is 5.91 Å². The Morgan fingerprint density at radius 3 is 2.28 bits per heavy atom. The number of amides is 1. The van der Waals surface area contributed by atoms with Gasteiger partial charge in [-0.25, -0.2) is 9.97 Å². The molecule has 0 saturated carbocycles. The van der Waals surface area contributed by atoms with Gasteiger partial charge in [-0.15, -0.1) is 0 Å². The number of carbonyl (C=O) groups excluding carboxylic acids is 1. The Balaban J connectivity index is 1.61. The maximum atomic E-state index is 13.4. The number of hydrogen-bond acceptors (Lipinski definition) is 5. The molecule has 1 aromatic heterocycles. The van der Waals surface area contributed by atoms with Crippen molar-refractivity contribution in [3.8, 4) is 0 Å². The zero-order valence-electron chi connectivity index (χ0n) is 16.6. The third-order valence-electron chi connectivity index (χ3n) is 5.14. The van der Waals surface area contributed by atoms with Crippen molar-refractivity contribution < 1.29 is 4.79 Å². The number of likely N-dealkylation sites (N-methyl/N-ethyl adjacent to an activating group) is 1. The second kappa shape index (κ2) is 8.84. The van der Waals surface area contributed by atoms with E-state index in [9.17, 15) is 4.79 Å². The standard InChI is InChI=1S/C23H25N5O/c1-26-14-16-27(17-15-26)23-24-13-12-21(25-23)22(29)28(20-10-6-3-7-11-20)18-19-8-4-2-5-9-19/h2-13H,14-18H2,1H3. The molecule has 0 N–H and O–H groups in total. The molecule has 2 heterocycles. The summed E-state index contributed by atoms with van der Waals surface area (Å²) < 4.78 is 0. The fourth-order valence-corrected chi connectivity index (χ4v) is 3.42. The fraction of sp³-hybridized carbons (Fsp3) is 0.261. The number of carbonyl (C=O) groups is 1. The van der Waals surface area contributed by atoms with Gasteiger partial charge in [0.1, 0.15) is 5.69 Å². The summed E-state index contributed by atoms with van der Waals surface area (Å²) in [6.07, 6.45) is 1.68. The van der Waals surface area contributed by atoms with Gasteiger partial charge in [0.25, 0.3) is 5.91 Å². The number of aromatic nitrogens is 2. The molecule has 1 aliphatic heterocycles. The summed E-state index contributed by atoms with van der Waals surface area (Å²) in [6, 6.07) is 21.4. The third kappa shape index (κ3) is 4.60. The van der Waals surface area contributed by atoms with Crippen molar-refractivity contribution >= 4 is 17.5 Å². The van der Waals surface area contributed by atoms with Crippen LogP contribution in [-0.4, -0.2) is 54.0 Å². The van der Waals surface area contributed by atoms with Crippen LogP contribution in [-0.2, 0) is 6.54 Å². The number of piperazine rings is 1. The maximum absolute atomic E-state index is 13.4. The molecular weight excluding hydrogens is 362 g/mol. The Morgan fingerprint density at radius 1 is 0.931 bits per heavy atom. The molecule has 29 heavy (non-hydrogen) atoms. The van der Waals surface area contributed by atoms with E-state index < -0.39 is 0 Å². The van der Waals surface area contributed by atoms with Crippen molar-refractivity contribution in [1.29, 1.82) is 0 Å². The number of hydrogen-bond donors (Lipinski definition) is 0. The Morgan fingerprint density at radius 2 is 1.59 bits per heavy atom.